The first-order valence-electron chi connectivity index (χ1n) is 21.4. The van der Waals surface area contributed by atoms with Crippen molar-refractivity contribution < 1.29 is 33.3 Å². The van der Waals surface area contributed by atoms with Gasteiger partial charge in [0.1, 0.15) is 0 Å². The van der Waals surface area contributed by atoms with Crippen molar-refractivity contribution >= 4 is 11.9 Å². The van der Waals surface area contributed by atoms with E-state index < -0.39 is 11.8 Å². The predicted octanol–water partition coefficient (Wildman–Crippen LogP) is 10.6. The molecule has 0 aromatic rings. The van der Waals surface area contributed by atoms with Crippen LogP contribution in [-0.2, 0) is 33.3 Å². The van der Waals surface area contributed by atoms with Crippen molar-refractivity contribution in [3.8, 4) is 0 Å². The lowest BCUT2D eigenvalue weighted by Gasteiger charge is -2.26. The molecule has 3 heterocycles. The summed E-state index contributed by atoms with van der Waals surface area (Å²) in [6.45, 7) is 2.92. The van der Waals surface area contributed by atoms with Crippen molar-refractivity contribution in [1.82, 2.24) is 0 Å². The third kappa shape index (κ3) is 19.9. The van der Waals surface area contributed by atoms with Crippen LogP contribution in [0.1, 0.15) is 193 Å². The fourth-order valence-corrected chi connectivity index (χ4v) is 7.81. The number of carbonyl (C=O) groups excluding carboxylic acids is 2. The van der Waals surface area contributed by atoms with Gasteiger partial charge in [0, 0.05) is 0 Å². The number of hydrogen-bond acceptors (Lipinski definition) is 7. The standard InChI is InChI=1S/C42H74O7/c43-41(45-29-25-21-17-13-9-5-1-3-7-11-15-19-23-27-35-33-47-35)37-31-39-40(49-39)32-38(37)42(44)46-30-26-22-18-14-10-6-2-4-8-12-16-20-24-28-36-34-48-36/h35-40H,1-34H2. The highest BCUT2D eigenvalue weighted by Gasteiger charge is 2.53. The van der Waals surface area contributed by atoms with E-state index in [0.29, 0.717) is 38.3 Å². The van der Waals surface area contributed by atoms with Gasteiger partial charge in [-0.3, -0.25) is 9.59 Å². The highest BCUT2D eigenvalue weighted by Crippen LogP contribution is 2.44. The van der Waals surface area contributed by atoms with Crippen molar-refractivity contribution in [3.63, 3.8) is 0 Å². The summed E-state index contributed by atoms with van der Waals surface area (Å²) in [5, 5.41) is 0. The van der Waals surface area contributed by atoms with Crippen LogP contribution < -0.4 is 0 Å². The molecule has 0 spiro atoms. The van der Waals surface area contributed by atoms with Crippen LogP contribution in [0.5, 0.6) is 0 Å². The van der Waals surface area contributed by atoms with E-state index >= 15 is 0 Å². The highest BCUT2D eigenvalue weighted by molar-refractivity contribution is 5.82. The summed E-state index contributed by atoms with van der Waals surface area (Å²) in [7, 11) is 0. The minimum atomic E-state index is -0.420. The first-order valence-corrected chi connectivity index (χ1v) is 21.4. The summed E-state index contributed by atoms with van der Waals surface area (Å²) in [5.41, 5.74) is 0. The predicted molar refractivity (Wildman–Crippen MR) is 196 cm³/mol. The zero-order chi connectivity index (χ0) is 34.2. The number of rotatable bonds is 34. The smallest absolute Gasteiger partial charge is 0.309 e. The SMILES string of the molecule is O=C(OCCCCCCCCCCCCCCCC1CO1)C1CC2OC2CC1C(=O)OCCCCCCCCCCCCCCCC1CO1. The number of unbranched alkanes of at least 4 members (excludes halogenated alkanes) is 24. The van der Waals surface area contributed by atoms with Crippen molar-refractivity contribution in [1.29, 1.82) is 0 Å². The quantitative estimate of drug-likeness (QED) is 0.0377. The van der Waals surface area contributed by atoms with Crippen molar-refractivity contribution in [2.24, 2.45) is 11.8 Å². The monoisotopic (exact) mass is 691 g/mol. The van der Waals surface area contributed by atoms with Crippen LogP contribution in [0, 0.1) is 11.8 Å². The van der Waals surface area contributed by atoms with E-state index in [2.05, 4.69) is 0 Å². The minimum absolute atomic E-state index is 0.117. The summed E-state index contributed by atoms with van der Waals surface area (Å²) in [5.74, 6) is -1.30. The molecule has 1 aliphatic carbocycles. The Hall–Kier alpha value is -1.18. The third-order valence-corrected chi connectivity index (χ3v) is 11.4. The van der Waals surface area contributed by atoms with Gasteiger partial charge in [-0.1, -0.05) is 154 Å². The lowest BCUT2D eigenvalue weighted by molar-refractivity contribution is -0.162. The first kappa shape index (κ1) is 40.6. The average molecular weight is 691 g/mol. The zero-order valence-corrected chi connectivity index (χ0v) is 31.4. The van der Waals surface area contributed by atoms with Crippen LogP contribution in [0.15, 0.2) is 0 Å². The number of esters is 2. The molecular formula is C42H74O7. The van der Waals surface area contributed by atoms with E-state index in [1.807, 2.05) is 0 Å². The molecule has 0 N–H and O–H groups in total. The van der Waals surface area contributed by atoms with Gasteiger partial charge < -0.3 is 23.7 Å². The molecule has 3 aliphatic heterocycles. The molecule has 0 aromatic carbocycles. The highest BCUT2D eigenvalue weighted by atomic mass is 16.6. The largest absolute Gasteiger partial charge is 0.465 e. The maximum absolute atomic E-state index is 13.0. The Bertz CT molecular complexity index is 788. The van der Waals surface area contributed by atoms with E-state index in [4.69, 9.17) is 23.7 Å². The van der Waals surface area contributed by atoms with Crippen LogP contribution in [0.4, 0.5) is 0 Å². The molecule has 7 nitrogen and oxygen atoms in total. The molecule has 4 aliphatic rings. The summed E-state index contributed by atoms with van der Waals surface area (Å²) >= 11 is 0. The van der Waals surface area contributed by atoms with Crippen molar-refractivity contribution in [2.45, 2.75) is 217 Å². The normalized spacial score (nSPS) is 25.1. The molecule has 4 rings (SSSR count). The molecule has 7 heteroatoms. The van der Waals surface area contributed by atoms with Gasteiger partial charge in [0.25, 0.3) is 0 Å². The molecule has 6 atom stereocenters. The Morgan fingerprint density at radius 3 is 0.959 bits per heavy atom. The van der Waals surface area contributed by atoms with Gasteiger partial charge in [0.05, 0.1) is 62.7 Å². The van der Waals surface area contributed by atoms with Crippen LogP contribution in [0.2, 0.25) is 0 Å². The second-order valence-electron chi connectivity index (χ2n) is 15.9. The second kappa shape index (κ2) is 25.7. The zero-order valence-electron chi connectivity index (χ0n) is 31.4. The van der Waals surface area contributed by atoms with Gasteiger partial charge in [0.2, 0.25) is 0 Å². The van der Waals surface area contributed by atoms with E-state index in [-0.39, 0.29) is 24.1 Å². The number of epoxide rings is 3. The molecule has 0 radical (unpaired) electrons. The maximum atomic E-state index is 13.0. The van der Waals surface area contributed by atoms with Crippen LogP contribution in [0.25, 0.3) is 0 Å². The minimum Gasteiger partial charge on any atom is -0.465 e. The fourth-order valence-electron chi connectivity index (χ4n) is 7.81. The Kier molecular flexibility index (Phi) is 21.3. The Balaban J connectivity index is 0.894. The summed E-state index contributed by atoms with van der Waals surface area (Å²) in [4.78, 5) is 26.0. The van der Waals surface area contributed by atoms with Crippen LogP contribution >= 0.6 is 0 Å². The molecule has 284 valence electrons. The van der Waals surface area contributed by atoms with Gasteiger partial charge in [-0.05, 0) is 38.5 Å². The van der Waals surface area contributed by atoms with Gasteiger partial charge in [0.15, 0.2) is 0 Å². The summed E-state index contributed by atoms with van der Waals surface area (Å²) < 4.78 is 27.6. The number of fused-ring (bicyclic) bond motifs is 1. The van der Waals surface area contributed by atoms with Crippen molar-refractivity contribution in [3.05, 3.63) is 0 Å². The molecule has 1 saturated carbocycles. The summed E-state index contributed by atoms with van der Waals surface area (Å²) in [6.07, 6.45) is 38.7. The topological polar surface area (TPSA) is 90.2 Å². The number of carbonyl (C=O) groups is 2. The molecule has 0 bridgehead atoms. The Morgan fingerprint density at radius 1 is 0.408 bits per heavy atom. The molecule has 0 aromatic heterocycles. The molecule has 3 saturated heterocycles. The lowest BCUT2D eigenvalue weighted by Crippen LogP contribution is -2.37. The van der Waals surface area contributed by atoms with E-state index in [0.717, 1.165) is 38.9 Å². The van der Waals surface area contributed by atoms with Gasteiger partial charge >= 0.3 is 11.9 Å². The Labute approximate surface area is 300 Å². The average Bonchev–Trinajstić information content (AvgIpc) is 3.97. The van der Waals surface area contributed by atoms with Crippen LogP contribution in [0.3, 0.4) is 0 Å². The summed E-state index contributed by atoms with van der Waals surface area (Å²) in [6, 6.07) is 0. The number of hydrogen-bond donors (Lipinski definition) is 0. The molecule has 6 unspecified atom stereocenters. The molecule has 4 fully saturated rings. The van der Waals surface area contributed by atoms with Gasteiger partial charge in [-0.15, -0.1) is 0 Å². The first-order chi connectivity index (χ1) is 24.2. The molecule has 0 amide bonds. The van der Waals surface area contributed by atoms with Gasteiger partial charge in [-0.2, -0.15) is 0 Å². The maximum Gasteiger partial charge on any atom is 0.309 e. The van der Waals surface area contributed by atoms with Gasteiger partial charge in [-0.25, -0.2) is 0 Å². The van der Waals surface area contributed by atoms with Crippen molar-refractivity contribution in [2.75, 3.05) is 26.4 Å². The fraction of sp³-hybridized carbons (Fsp3) is 0.952. The van der Waals surface area contributed by atoms with E-state index in [9.17, 15) is 9.59 Å². The second-order valence-corrected chi connectivity index (χ2v) is 15.9. The van der Waals surface area contributed by atoms with E-state index in [1.165, 1.54) is 154 Å². The van der Waals surface area contributed by atoms with E-state index in [1.54, 1.807) is 0 Å². The van der Waals surface area contributed by atoms with Crippen LogP contribution in [-0.4, -0.2) is 62.8 Å². The molecular weight excluding hydrogens is 616 g/mol. The lowest BCUT2D eigenvalue weighted by atomic mass is 9.79. The third-order valence-electron chi connectivity index (χ3n) is 11.4. The number of ether oxygens (including phenoxy) is 5. The Morgan fingerprint density at radius 2 is 0.673 bits per heavy atom. The molecule has 49 heavy (non-hydrogen) atoms.